The van der Waals surface area contributed by atoms with Gasteiger partial charge in [-0.05, 0) is 43.0 Å². The molecule has 0 unspecified atom stereocenters. The number of hydrogen-bond donors (Lipinski definition) is 1. The molecule has 1 N–H and O–H groups in total. The SMILES string of the molecule is CC[C@H](NC(=O)c1ccc(Cl)c(S(=O)(=O)N2CCCC2)c1)c1ccccc1. The van der Waals surface area contributed by atoms with Crippen molar-refractivity contribution in [2.24, 2.45) is 0 Å². The van der Waals surface area contributed by atoms with E-state index in [4.69, 9.17) is 11.6 Å². The van der Waals surface area contributed by atoms with Crippen LogP contribution in [0.1, 0.15) is 48.1 Å². The summed E-state index contributed by atoms with van der Waals surface area (Å²) in [7, 11) is -3.69. The smallest absolute Gasteiger partial charge is 0.251 e. The number of carbonyl (C=O) groups is 1. The Morgan fingerprint density at radius 2 is 1.81 bits per heavy atom. The minimum Gasteiger partial charge on any atom is -0.345 e. The lowest BCUT2D eigenvalue weighted by atomic mass is 10.0. The fraction of sp³-hybridized carbons (Fsp3) is 0.350. The van der Waals surface area contributed by atoms with Gasteiger partial charge in [-0.15, -0.1) is 0 Å². The van der Waals surface area contributed by atoms with Crippen LogP contribution in [0.25, 0.3) is 0 Å². The van der Waals surface area contributed by atoms with Crippen molar-refractivity contribution in [1.29, 1.82) is 0 Å². The van der Waals surface area contributed by atoms with E-state index in [2.05, 4.69) is 5.32 Å². The summed E-state index contributed by atoms with van der Waals surface area (Å²) < 4.78 is 27.1. The van der Waals surface area contributed by atoms with Gasteiger partial charge in [0.25, 0.3) is 5.91 Å². The van der Waals surface area contributed by atoms with E-state index in [1.807, 2.05) is 37.3 Å². The van der Waals surface area contributed by atoms with E-state index in [0.717, 1.165) is 24.8 Å². The zero-order valence-electron chi connectivity index (χ0n) is 15.2. The van der Waals surface area contributed by atoms with Gasteiger partial charge in [0.15, 0.2) is 0 Å². The largest absolute Gasteiger partial charge is 0.345 e. The molecule has 3 rings (SSSR count). The minimum absolute atomic E-state index is 0.00789. The maximum Gasteiger partial charge on any atom is 0.251 e. The van der Waals surface area contributed by atoms with Crippen LogP contribution in [-0.4, -0.2) is 31.7 Å². The van der Waals surface area contributed by atoms with Crippen molar-refractivity contribution >= 4 is 27.5 Å². The number of hydrogen-bond acceptors (Lipinski definition) is 3. The third-order valence-electron chi connectivity index (χ3n) is 4.79. The Bertz CT molecular complexity index is 910. The van der Waals surface area contributed by atoms with Crippen LogP contribution in [0.5, 0.6) is 0 Å². The topological polar surface area (TPSA) is 66.5 Å². The first kappa shape index (κ1) is 19.9. The molecule has 1 aliphatic heterocycles. The molecule has 1 heterocycles. The number of amides is 1. The maximum atomic E-state index is 12.8. The Kier molecular flexibility index (Phi) is 6.19. The van der Waals surface area contributed by atoms with E-state index >= 15 is 0 Å². The van der Waals surface area contributed by atoms with Gasteiger partial charge in [0.2, 0.25) is 10.0 Å². The monoisotopic (exact) mass is 406 g/mol. The van der Waals surface area contributed by atoms with Crippen LogP contribution in [0.3, 0.4) is 0 Å². The van der Waals surface area contributed by atoms with Gasteiger partial charge >= 0.3 is 0 Å². The fourth-order valence-corrected chi connectivity index (χ4v) is 5.28. The normalized spacial score (nSPS) is 16.2. The van der Waals surface area contributed by atoms with Crippen molar-refractivity contribution in [1.82, 2.24) is 9.62 Å². The second-order valence-electron chi connectivity index (χ2n) is 6.60. The molecule has 1 saturated heterocycles. The van der Waals surface area contributed by atoms with E-state index in [-0.39, 0.29) is 27.4 Å². The third kappa shape index (κ3) is 4.34. The van der Waals surface area contributed by atoms with E-state index in [1.165, 1.54) is 16.4 Å². The summed E-state index contributed by atoms with van der Waals surface area (Å²) in [6, 6.07) is 13.9. The van der Waals surface area contributed by atoms with Crippen LogP contribution in [0.4, 0.5) is 0 Å². The first-order valence-corrected chi connectivity index (χ1v) is 10.9. The molecule has 0 spiro atoms. The second kappa shape index (κ2) is 8.42. The zero-order valence-corrected chi connectivity index (χ0v) is 16.8. The third-order valence-corrected chi connectivity index (χ3v) is 7.17. The number of nitrogens with one attached hydrogen (secondary N) is 1. The Labute approximate surface area is 165 Å². The predicted octanol–water partition coefficient (Wildman–Crippen LogP) is 4.01. The molecule has 0 radical (unpaired) electrons. The van der Waals surface area contributed by atoms with Crippen LogP contribution >= 0.6 is 11.6 Å². The molecule has 0 saturated carbocycles. The minimum atomic E-state index is -3.69. The van der Waals surface area contributed by atoms with Crippen LogP contribution in [-0.2, 0) is 10.0 Å². The summed E-state index contributed by atoms with van der Waals surface area (Å²) in [6.45, 7) is 2.96. The highest BCUT2D eigenvalue weighted by molar-refractivity contribution is 7.89. The summed E-state index contributed by atoms with van der Waals surface area (Å²) in [6.07, 6.45) is 2.40. The molecule has 27 heavy (non-hydrogen) atoms. The number of rotatable bonds is 6. The molecule has 1 atom stereocenters. The van der Waals surface area contributed by atoms with Gasteiger partial charge in [-0.3, -0.25) is 4.79 Å². The van der Waals surface area contributed by atoms with Crippen molar-refractivity contribution in [3.05, 3.63) is 64.7 Å². The molecule has 2 aromatic rings. The molecule has 7 heteroatoms. The molecule has 1 fully saturated rings. The van der Waals surface area contributed by atoms with Gasteiger partial charge in [-0.1, -0.05) is 48.9 Å². The number of benzene rings is 2. The van der Waals surface area contributed by atoms with E-state index in [1.54, 1.807) is 6.07 Å². The lowest BCUT2D eigenvalue weighted by Crippen LogP contribution is -2.30. The highest BCUT2D eigenvalue weighted by Gasteiger charge is 2.30. The van der Waals surface area contributed by atoms with Crippen molar-refractivity contribution in [3.8, 4) is 0 Å². The number of carbonyl (C=O) groups excluding carboxylic acids is 1. The summed E-state index contributed by atoms with van der Waals surface area (Å²) in [4.78, 5) is 12.7. The summed E-state index contributed by atoms with van der Waals surface area (Å²) >= 11 is 6.16. The number of sulfonamides is 1. The van der Waals surface area contributed by atoms with Gasteiger partial charge in [-0.25, -0.2) is 8.42 Å². The second-order valence-corrected chi connectivity index (χ2v) is 8.91. The van der Waals surface area contributed by atoms with E-state index in [9.17, 15) is 13.2 Å². The molecular formula is C20H23ClN2O3S. The van der Waals surface area contributed by atoms with E-state index < -0.39 is 10.0 Å². The van der Waals surface area contributed by atoms with Crippen LogP contribution in [0.2, 0.25) is 5.02 Å². The maximum absolute atomic E-state index is 12.8. The van der Waals surface area contributed by atoms with Gasteiger partial charge in [0, 0.05) is 18.7 Å². The number of nitrogens with zero attached hydrogens (tertiary/aromatic N) is 1. The Balaban J connectivity index is 1.85. The average molecular weight is 407 g/mol. The molecule has 144 valence electrons. The summed E-state index contributed by atoms with van der Waals surface area (Å²) in [5.74, 6) is -0.319. The van der Waals surface area contributed by atoms with Crippen LogP contribution in [0.15, 0.2) is 53.4 Å². The van der Waals surface area contributed by atoms with Gasteiger partial charge in [0.05, 0.1) is 11.1 Å². The average Bonchev–Trinajstić information content (AvgIpc) is 3.22. The Hall–Kier alpha value is -1.89. The molecule has 1 amide bonds. The predicted molar refractivity (Wildman–Crippen MR) is 106 cm³/mol. The van der Waals surface area contributed by atoms with Crippen LogP contribution < -0.4 is 5.32 Å². The van der Waals surface area contributed by atoms with Gasteiger partial charge in [0.1, 0.15) is 4.90 Å². The highest BCUT2D eigenvalue weighted by Crippen LogP contribution is 2.28. The standard InChI is InChI=1S/C20H23ClN2O3S/c1-2-18(15-8-4-3-5-9-15)22-20(24)16-10-11-17(21)19(14-16)27(25,26)23-12-6-7-13-23/h3-5,8-11,14,18H,2,6-7,12-13H2,1H3,(H,22,24)/t18-/m0/s1. The first-order valence-electron chi connectivity index (χ1n) is 9.09. The molecule has 1 aliphatic rings. The molecule has 0 bridgehead atoms. The molecule has 0 aromatic heterocycles. The summed E-state index contributed by atoms with van der Waals surface area (Å²) in [5, 5.41) is 3.11. The molecular weight excluding hydrogens is 384 g/mol. The summed E-state index contributed by atoms with van der Waals surface area (Å²) in [5.41, 5.74) is 1.29. The van der Waals surface area contributed by atoms with E-state index in [0.29, 0.717) is 13.1 Å². The quantitative estimate of drug-likeness (QED) is 0.788. The van der Waals surface area contributed by atoms with Crippen molar-refractivity contribution in [3.63, 3.8) is 0 Å². The lowest BCUT2D eigenvalue weighted by Gasteiger charge is -2.19. The molecule has 0 aliphatic carbocycles. The van der Waals surface area contributed by atoms with Gasteiger partial charge < -0.3 is 5.32 Å². The van der Waals surface area contributed by atoms with Crippen molar-refractivity contribution < 1.29 is 13.2 Å². The van der Waals surface area contributed by atoms with Gasteiger partial charge in [-0.2, -0.15) is 4.31 Å². The number of halogens is 1. The zero-order chi connectivity index (χ0) is 19.4. The molecule has 5 nitrogen and oxygen atoms in total. The Morgan fingerprint density at radius 3 is 2.44 bits per heavy atom. The fourth-order valence-electron chi connectivity index (χ4n) is 3.26. The first-order chi connectivity index (χ1) is 12.9. The van der Waals surface area contributed by atoms with Crippen molar-refractivity contribution in [2.75, 3.05) is 13.1 Å². The Morgan fingerprint density at radius 1 is 1.15 bits per heavy atom. The highest BCUT2D eigenvalue weighted by atomic mass is 35.5. The lowest BCUT2D eigenvalue weighted by molar-refractivity contribution is 0.0935. The van der Waals surface area contributed by atoms with Crippen molar-refractivity contribution in [2.45, 2.75) is 37.1 Å². The van der Waals surface area contributed by atoms with Crippen LogP contribution in [0, 0.1) is 0 Å². The molecule has 2 aromatic carbocycles.